The third-order valence-electron chi connectivity index (χ3n) is 6.67. The molecule has 13 nitrogen and oxygen atoms in total. The summed E-state index contributed by atoms with van der Waals surface area (Å²) in [4.78, 5) is 20.4. The molecule has 2 heterocycles. The minimum absolute atomic E-state index is 0.00527. The summed E-state index contributed by atoms with van der Waals surface area (Å²) in [7, 11) is 5.45. The Hall–Kier alpha value is -6.38. The maximum Gasteiger partial charge on any atom is 0.338 e. The average Bonchev–Trinajstić information content (AvgIpc) is 3.51. The Labute approximate surface area is 266 Å². The number of halogens is 2. The van der Waals surface area contributed by atoms with Crippen molar-refractivity contribution in [1.29, 1.82) is 5.41 Å². The fraction of sp³-hybridized carbons (Fsp3) is 0.125. The van der Waals surface area contributed by atoms with Crippen molar-refractivity contribution < 1.29 is 47.1 Å². The van der Waals surface area contributed by atoms with Gasteiger partial charge in [0.25, 0.3) is 11.8 Å². The van der Waals surface area contributed by atoms with Crippen LogP contribution in [0.1, 0.15) is 15.9 Å². The van der Waals surface area contributed by atoms with E-state index in [2.05, 4.69) is 9.97 Å². The molecule has 0 fully saturated rings. The van der Waals surface area contributed by atoms with E-state index in [9.17, 15) is 9.90 Å². The molecule has 0 saturated carbocycles. The number of benzene rings is 3. The highest BCUT2D eigenvalue weighted by atomic mass is 19.1. The van der Waals surface area contributed by atoms with Crippen molar-refractivity contribution in [2.24, 2.45) is 12.8 Å². The molecule has 0 spiro atoms. The summed E-state index contributed by atoms with van der Waals surface area (Å²) in [5.74, 6) is -7.39. The molecule has 0 radical (unpaired) electrons. The molecule has 5 rings (SSSR count). The zero-order valence-electron chi connectivity index (χ0n) is 25.3. The second-order valence-electron chi connectivity index (χ2n) is 9.67. The standard InChI is InChI=1S/C32H27F2N5O8/c1-39-11-10-37-29(39)17-6-5-7-19(12-17)45-30-24(33)27(47-26-22(42-2)14-18(32(41)44-4)15-23(26)43-3)25(34)31(38-30)46-21-13-16(28(35)36)8-9-20(21)40/h5-15,40H,1-4H3,(H3,35,36). The van der Waals surface area contributed by atoms with Crippen LogP contribution in [0, 0.1) is 17.0 Å². The first kappa shape index (κ1) is 32.0. The molecule has 0 aliphatic heterocycles. The molecule has 3 aromatic carbocycles. The quantitative estimate of drug-likeness (QED) is 0.0881. The summed E-state index contributed by atoms with van der Waals surface area (Å²) < 4.78 is 66.5. The SMILES string of the molecule is COC(=O)c1cc(OC)c(Oc2c(F)c(Oc3cccc(-c4nccn4C)c3)nc(Oc3cc(C(=N)N)ccc3O)c2F)c(OC)c1. The Morgan fingerprint density at radius 3 is 2.13 bits per heavy atom. The van der Waals surface area contributed by atoms with Crippen LogP contribution in [0.4, 0.5) is 8.78 Å². The third-order valence-corrected chi connectivity index (χ3v) is 6.67. The Morgan fingerprint density at radius 1 is 0.872 bits per heavy atom. The highest BCUT2D eigenvalue weighted by Crippen LogP contribution is 2.46. The van der Waals surface area contributed by atoms with E-state index in [0.29, 0.717) is 11.4 Å². The van der Waals surface area contributed by atoms with Crippen LogP contribution in [0.25, 0.3) is 11.4 Å². The number of esters is 1. The van der Waals surface area contributed by atoms with Gasteiger partial charge in [0.1, 0.15) is 17.4 Å². The summed E-state index contributed by atoms with van der Waals surface area (Å²) >= 11 is 0. The third kappa shape index (κ3) is 6.54. The first-order valence-electron chi connectivity index (χ1n) is 13.6. The van der Waals surface area contributed by atoms with E-state index in [1.165, 1.54) is 51.7 Å². The van der Waals surface area contributed by atoms with Gasteiger partial charge in [-0.2, -0.15) is 13.8 Å². The molecule has 15 heteroatoms. The lowest BCUT2D eigenvalue weighted by Crippen LogP contribution is -2.11. The lowest BCUT2D eigenvalue weighted by Gasteiger charge is -2.18. The number of nitrogen functional groups attached to an aromatic ring is 1. The Bertz CT molecular complexity index is 1970. The lowest BCUT2D eigenvalue weighted by atomic mass is 10.2. The number of hydrogen-bond acceptors (Lipinski definition) is 11. The minimum Gasteiger partial charge on any atom is -0.504 e. The number of phenols is 1. The van der Waals surface area contributed by atoms with Crippen LogP contribution in [0.3, 0.4) is 0 Å². The van der Waals surface area contributed by atoms with Crippen LogP contribution in [0.2, 0.25) is 0 Å². The number of aromatic hydroxyl groups is 1. The van der Waals surface area contributed by atoms with Gasteiger partial charge in [-0.3, -0.25) is 5.41 Å². The molecule has 0 amide bonds. The molecule has 0 aliphatic rings. The maximum atomic E-state index is 16.2. The summed E-state index contributed by atoms with van der Waals surface area (Å²) in [5, 5.41) is 18.1. The van der Waals surface area contributed by atoms with Crippen molar-refractivity contribution in [2.75, 3.05) is 21.3 Å². The molecule has 0 aliphatic carbocycles. The number of aromatic nitrogens is 3. The Morgan fingerprint density at radius 2 is 1.53 bits per heavy atom. The molecule has 2 aromatic heterocycles. The number of methoxy groups -OCH3 is 3. The van der Waals surface area contributed by atoms with E-state index in [0.717, 1.165) is 6.07 Å². The van der Waals surface area contributed by atoms with E-state index >= 15 is 8.78 Å². The molecule has 242 valence electrons. The number of pyridine rings is 1. The molecule has 5 aromatic rings. The molecule has 0 saturated heterocycles. The average molecular weight is 648 g/mol. The van der Waals surface area contributed by atoms with Crippen molar-refractivity contribution in [2.45, 2.75) is 0 Å². The van der Waals surface area contributed by atoms with Gasteiger partial charge in [0.15, 0.2) is 23.0 Å². The number of carbonyl (C=O) groups excluding carboxylic acids is 1. The second kappa shape index (κ2) is 13.3. The summed E-state index contributed by atoms with van der Waals surface area (Å²) in [5.41, 5.74) is 6.32. The van der Waals surface area contributed by atoms with Crippen LogP contribution < -0.4 is 29.4 Å². The molecule has 4 N–H and O–H groups in total. The Kier molecular flexibility index (Phi) is 9.07. The number of ether oxygens (including phenoxy) is 6. The predicted octanol–water partition coefficient (Wildman–Crippen LogP) is 5.93. The summed E-state index contributed by atoms with van der Waals surface area (Å²) in [6.07, 6.45) is 3.35. The van der Waals surface area contributed by atoms with Gasteiger partial charge in [-0.25, -0.2) is 9.78 Å². The van der Waals surface area contributed by atoms with E-state index in [1.54, 1.807) is 42.2 Å². The van der Waals surface area contributed by atoms with Crippen molar-refractivity contribution in [3.8, 4) is 63.4 Å². The molecule has 0 unspecified atom stereocenters. The number of amidine groups is 1. The predicted molar refractivity (Wildman–Crippen MR) is 163 cm³/mol. The number of rotatable bonds is 11. The van der Waals surface area contributed by atoms with E-state index < -0.39 is 40.9 Å². The second-order valence-corrected chi connectivity index (χ2v) is 9.67. The van der Waals surface area contributed by atoms with Crippen molar-refractivity contribution in [3.05, 3.63) is 89.8 Å². The number of nitrogens with one attached hydrogen (secondary N) is 1. The fourth-order valence-electron chi connectivity index (χ4n) is 4.35. The maximum absolute atomic E-state index is 16.2. The van der Waals surface area contributed by atoms with Crippen molar-refractivity contribution in [3.63, 3.8) is 0 Å². The fourth-order valence-corrected chi connectivity index (χ4v) is 4.35. The van der Waals surface area contributed by atoms with Gasteiger partial charge >= 0.3 is 5.97 Å². The summed E-state index contributed by atoms with van der Waals surface area (Å²) in [6.45, 7) is 0. The van der Waals surface area contributed by atoms with Crippen molar-refractivity contribution in [1.82, 2.24) is 14.5 Å². The van der Waals surface area contributed by atoms with Crippen LogP contribution >= 0.6 is 0 Å². The van der Waals surface area contributed by atoms with Gasteiger partial charge < -0.3 is 43.8 Å². The first-order chi connectivity index (χ1) is 22.5. The van der Waals surface area contributed by atoms with Gasteiger partial charge in [0.2, 0.25) is 23.1 Å². The number of hydrogen-bond donors (Lipinski definition) is 3. The smallest absolute Gasteiger partial charge is 0.338 e. The van der Waals surface area contributed by atoms with Crippen LogP contribution in [-0.4, -0.2) is 52.8 Å². The molecular formula is C32H27F2N5O8. The minimum atomic E-state index is -1.45. The number of imidazole rings is 1. The molecule has 0 bridgehead atoms. The highest BCUT2D eigenvalue weighted by Gasteiger charge is 2.29. The first-order valence-corrected chi connectivity index (χ1v) is 13.6. The Balaban J connectivity index is 1.65. The van der Waals surface area contributed by atoms with Gasteiger partial charge in [-0.15, -0.1) is 0 Å². The van der Waals surface area contributed by atoms with Crippen LogP contribution in [-0.2, 0) is 11.8 Å². The topological polar surface area (TPSA) is 173 Å². The van der Waals surface area contributed by atoms with Crippen molar-refractivity contribution >= 4 is 11.8 Å². The number of nitrogens with zero attached hydrogens (tertiary/aromatic N) is 3. The normalized spacial score (nSPS) is 10.7. The van der Waals surface area contributed by atoms with E-state index in [-0.39, 0.29) is 45.7 Å². The highest BCUT2D eigenvalue weighted by molar-refractivity contribution is 5.95. The van der Waals surface area contributed by atoms with Gasteiger partial charge in [-0.05, 0) is 42.5 Å². The number of nitrogens with two attached hydrogens (primary N) is 1. The molecule has 47 heavy (non-hydrogen) atoms. The largest absolute Gasteiger partial charge is 0.504 e. The van der Waals surface area contributed by atoms with Crippen LogP contribution in [0.15, 0.2) is 67.0 Å². The monoisotopic (exact) mass is 647 g/mol. The van der Waals surface area contributed by atoms with Gasteiger partial charge in [0, 0.05) is 30.6 Å². The number of aryl methyl sites for hydroxylation is 1. The lowest BCUT2D eigenvalue weighted by molar-refractivity contribution is 0.0599. The summed E-state index contributed by atoms with van der Waals surface area (Å²) in [6, 6.07) is 12.6. The van der Waals surface area contributed by atoms with Gasteiger partial charge in [0.05, 0.1) is 26.9 Å². The van der Waals surface area contributed by atoms with E-state index in [4.69, 9.17) is 39.6 Å². The molecular weight excluding hydrogens is 620 g/mol. The van der Waals surface area contributed by atoms with E-state index in [1.807, 2.05) is 0 Å². The molecule has 0 atom stereocenters. The van der Waals surface area contributed by atoms with Crippen LogP contribution in [0.5, 0.6) is 52.0 Å². The zero-order valence-corrected chi connectivity index (χ0v) is 25.3. The van der Waals surface area contributed by atoms with Gasteiger partial charge in [-0.1, -0.05) is 12.1 Å². The number of phenolic OH excluding ortho intramolecular Hbond substituents is 1. The zero-order chi connectivity index (χ0) is 33.8. The number of carbonyl (C=O) groups is 1.